The number of carboxylic acid groups (broad SMARTS) is 1. The standard InChI is InChI=1S/C15H13BrFNO3/c1-2-3-11-6-9(15(19)20)7-14(18-11)21-13-5-4-10(17)8-12(13)16/h4-8H,2-3H2,1H3,(H,19,20). The van der Waals surface area contributed by atoms with Gasteiger partial charge in [-0.15, -0.1) is 0 Å². The van der Waals surface area contributed by atoms with Crippen molar-refractivity contribution in [2.45, 2.75) is 19.8 Å². The van der Waals surface area contributed by atoms with Gasteiger partial charge in [0.1, 0.15) is 11.6 Å². The van der Waals surface area contributed by atoms with Crippen molar-refractivity contribution in [1.82, 2.24) is 4.98 Å². The molecular formula is C15H13BrFNO3. The molecule has 0 radical (unpaired) electrons. The topological polar surface area (TPSA) is 59.4 Å². The molecule has 4 nitrogen and oxygen atoms in total. The molecule has 1 aromatic carbocycles. The Labute approximate surface area is 129 Å². The Kier molecular flexibility index (Phi) is 4.90. The summed E-state index contributed by atoms with van der Waals surface area (Å²) < 4.78 is 19.0. The number of pyridine rings is 1. The first-order valence-electron chi connectivity index (χ1n) is 6.36. The molecule has 2 aromatic rings. The number of halogens is 2. The predicted octanol–water partition coefficient (Wildman–Crippen LogP) is 4.43. The van der Waals surface area contributed by atoms with E-state index in [0.717, 1.165) is 6.42 Å². The van der Waals surface area contributed by atoms with Gasteiger partial charge in [-0.2, -0.15) is 0 Å². The summed E-state index contributed by atoms with van der Waals surface area (Å²) in [5.41, 5.74) is 0.757. The van der Waals surface area contributed by atoms with Crippen molar-refractivity contribution in [3.05, 3.63) is 51.9 Å². The van der Waals surface area contributed by atoms with E-state index in [9.17, 15) is 9.18 Å². The Morgan fingerprint density at radius 1 is 1.38 bits per heavy atom. The summed E-state index contributed by atoms with van der Waals surface area (Å²) in [5.74, 6) is -0.898. The molecule has 0 fully saturated rings. The second-order valence-electron chi connectivity index (χ2n) is 4.42. The molecule has 21 heavy (non-hydrogen) atoms. The van der Waals surface area contributed by atoms with E-state index in [1.165, 1.54) is 30.3 Å². The molecule has 110 valence electrons. The Morgan fingerprint density at radius 3 is 2.76 bits per heavy atom. The molecule has 0 bridgehead atoms. The van der Waals surface area contributed by atoms with Crippen molar-refractivity contribution in [3.8, 4) is 11.6 Å². The fraction of sp³-hybridized carbons (Fsp3) is 0.200. The van der Waals surface area contributed by atoms with Crippen LogP contribution in [-0.4, -0.2) is 16.1 Å². The van der Waals surface area contributed by atoms with Crippen LogP contribution in [0.25, 0.3) is 0 Å². The van der Waals surface area contributed by atoms with Crippen LogP contribution in [0.3, 0.4) is 0 Å². The maximum Gasteiger partial charge on any atom is 0.335 e. The average molecular weight is 354 g/mol. The Bertz CT molecular complexity index is 676. The summed E-state index contributed by atoms with van der Waals surface area (Å²) in [7, 11) is 0. The molecule has 0 unspecified atom stereocenters. The lowest BCUT2D eigenvalue weighted by atomic mass is 10.1. The molecule has 0 saturated heterocycles. The lowest BCUT2D eigenvalue weighted by molar-refractivity contribution is 0.0696. The van der Waals surface area contributed by atoms with E-state index in [1.807, 2.05) is 6.92 Å². The highest BCUT2D eigenvalue weighted by atomic mass is 79.9. The minimum Gasteiger partial charge on any atom is -0.478 e. The highest BCUT2D eigenvalue weighted by Gasteiger charge is 2.11. The number of aromatic nitrogens is 1. The minimum absolute atomic E-state index is 0.113. The Balaban J connectivity index is 2.36. The first-order valence-corrected chi connectivity index (χ1v) is 7.16. The predicted molar refractivity (Wildman–Crippen MR) is 79.4 cm³/mol. The number of hydrogen-bond acceptors (Lipinski definition) is 3. The highest BCUT2D eigenvalue weighted by molar-refractivity contribution is 9.10. The fourth-order valence-electron chi connectivity index (χ4n) is 1.79. The van der Waals surface area contributed by atoms with Gasteiger partial charge in [0.15, 0.2) is 0 Å². The van der Waals surface area contributed by atoms with Gasteiger partial charge in [-0.3, -0.25) is 0 Å². The van der Waals surface area contributed by atoms with Gasteiger partial charge in [0.2, 0.25) is 5.88 Å². The lowest BCUT2D eigenvalue weighted by Crippen LogP contribution is -2.02. The number of nitrogens with zero attached hydrogens (tertiary/aromatic N) is 1. The number of rotatable bonds is 5. The second kappa shape index (κ2) is 6.67. The van der Waals surface area contributed by atoms with Crippen molar-refractivity contribution in [3.63, 3.8) is 0 Å². The van der Waals surface area contributed by atoms with Crippen LogP contribution in [0.5, 0.6) is 11.6 Å². The van der Waals surface area contributed by atoms with Crippen LogP contribution in [0.2, 0.25) is 0 Å². The van der Waals surface area contributed by atoms with Crippen LogP contribution < -0.4 is 4.74 Å². The summed E-state index contributed by atoms with van der Waals surface area (Å²) in [4.78, 5) is 15.4. The van der Waals surface area contributed by atoms with Gasteiger partial charge in [0.25, 0.3) is 0 Å². The van der Waals surface area contributed by atoms with Gasteiger partial charge in [-0.05, 0) is 46.6 Å². The summed E-state index contributed by atoms with van der Waals surface area (Å²) in [6, 6.07) is 6.85. The molecule has 0 aliphatic heterocycles. The van der Waals surface area contributed by atoms with E-state index in [1.54, 1.807) is 0 Å². The summed E-state index contributed by atoms with van der Waals surface area (Å²) in [6.45, 7) is 1.98. The molecule has 0 aliphatic rings. The first kappa shape index (κ1) is 15.4. The van der Waals surface area contributed by atoms with Gasteiger partial charge >= 0.3 is 5.97 Å². The van der Waals surface area contributed by atoms with Crippen LogP contribution in [0.1, 0.15) is 29.4 Å². The van der Waals surface area contributed by atoms with E-state index in [0.29, 0.717) is 22.3 Å². The molecule has 0 amide bonds. The molecule has 1 N–H and O–H groups in total. The van der Waals surface area contributed by atoms with Gasteiger partial charge in [0.05, 0.1) is 10.0 Å². The van der Waals surface area contributed by atoms with Crippen molar-refractivity contribution in [2.75, 3.05) is 0 Å². The van der Waals surface area contributed by atoms with Crippen LogP contribution in [0, 0.1) is 5.82 Å². The average Bonchev–Trinajstić information content (AvgIpc) is 2.42. The number of aryl methyl sites for hydroxylation is 1. The van der Waals surface area contributed by atoms with Gasteiger partial charge in [0, 0.05) is 11.8 Å². The first-order chi connectivity index (χ1) is 9.99. The number of aromatic carboxylic acids is 1. The van der Waals surface area contributed by atoms with Gasteiger partial charge in [-0.25, -0.2) is 14.2 Å². The number of carboxylic acids is 1. The largest absolute Gasteiger partial charge is 0.478 e. The van der Waals surface area contributed by atoms with Crippen LogP contribution >= 0.6 is 15.9 Å². The van der Waals surface area contributed by atoms with Crippen LogP contribution in [-0.2, 0) is 6.42 Å². The van der Waals surface area contributed by atoms with E-state index in [2.05, 4.69) is 20.9 Å². The monoisotopic (exact) mass is 353 g/mol. The van der Waals surface area contributed by atoms with E-state index >= 15 is 0 Å². The molecule has 0 saturated carbocycles. The fourth-order valence-corrected chi connectivity index (χ4v) is 2.22. The SMILES string of the molecule is CCCc1cc(C(=O)O)cc(Oc2ccc(F)cc2Br)n1. The van der Waals surface area contributed by atoms with Crippen LogP contribution in [0.4, 0.5) is 4.39 Å². The van der Waals surface area contributed by atoms with Crippen molar-refractivity contribution < 1.29 is 19.0 Å². The van der Waals surface area contributed by atoms with Crippen molar-refractivity contribution >= 4 is 21.9 Å². The molecule has 0 atom stereocenters. The zero-order valence-electron chi connectivity index (χ0n) is 11.3. The molecule has 6 heteroatoms. The summed E-state index contributed by atoms with van der Waals surface area (Å²) in [6.07, 6.45) is 1.50. The van der Waals surface area contributed by atoms with Gasteiger partial charge < -0.3 is 9.84 Å². The third-order valence-corrected chi connectivity index (χ3v) is 3.34. The number of hydrogen-bond donors (Lipinski definition) is 1. The second-order valence-corrected chi connectivity index (χ2v) is 5.27. The maximum absolute atomic E-state index is 13.0. The molecule has 2 rings (SSSR count). The normalized spacial score (nSPS) is 10.4. The van der Waals surface area contributed by atoms with E-state index in [-0.39, 0.29) is 11.4 Å². The molecule has 1 heterocycles. The molecule has 0 spiro atoms. The van der Waals surface area contributed by atoms with Crippen LogP contribution in [0.15, 0.2) is 34.8 Å². The Hall–Kier alpha value is -1.95. The zero-order valence-corrected chi connectivity index (χ0v) is 12.9. The minimum atomic E-state index is -1.04. The van der Waals surface area contributed by atoms with E-state index in [4.69, 9.17) is 9.84 Å². The van der Waals surface area contributed by atoms with E-state index < -0.39 is 11.8 Å². The quantitative estimate of drug-likeness (QED) is 0.863. The summed E-state index contributed by atoms with van der Waals surface area (Å²) in [5, 5.41) is 9.12. The summed E-state index contributed by atoms with van der Waals surface area (Å²) >= 11 is 3.19. The number of carbonyl (C=O) groups is 1. The van der Waals surface area contributed by atoms with Crippen molar-refractivity contribution in [2.24, 2.45) is 0 Å². The Morgan fingerprint density at radius 2 is 2.14 bits per heavy atom. The maximum atomic E-state index is 13.0. The molecule has 0 aliphatic carbocycles. The lowest BCUT2D eigenvalue weighted by Gasteiger charge is -2.09. The third-order valence-electron chi connectivity index (χ3n) is 2.72. The zero-order chi connectivity index (χ0) is 15.4. The number of benzene rings is 1. The highest BCUT2D eigenvalue weighted by Crippen LogP contribution is 2.30. The third kappa shape index (κ3) is 4.01. The van der Waals surface area contributed by atoms with Crippen molar-refractivity contribution in [1.29, 1.82) is 0 Å². The molecule has 1 aromatic heterocycles. The smallest absolute Gasteiger partial charge is 0.335 e. The molecular weight excluding hydrogens is 341 g/mol. The number of ether oxygens (including phenoxy) is 1. The van der Waals surface area contributed by atoms with Gasteiger partial charge in [-0.1, -0.05) is 13.3 Å².